The summed E-state index contributed by atoms with van der Waals surface area (Å²) in [5.41, 5.74) is 3.13. The molecular formula is C31H34ClN5O3. The van der Waals surface area contributed by atoms with Crippen LogP contribution >= 0.6 is 11.6 Å². The summed E-state index contributed by atoms with van der Waals surface area (Å²) in [6.07, 6.45) is 4.88. The SMILES string of the molecule is CC(C)(C)OC(=O)N1CCC(c2cc(-c3ccc(Cl)cc3)nn2-c2ncccn2)OCC1CCc1ccccc1. The van der Waals surface area contributed by atoms with Crippen molar-refractivity contribution in [3.05, 3.63) is 95.4 Å². The average Bonchev–Trinajstić information content (AvgIpc) is 3.27. The molecule has 8 nitrogen and oxygen atoms in total. The van der Waals surface area contributed by atoms with Crippen LogP contribution in [0.15, 0.2) is 79.1 Å². The van der Waals surface area contributed by atoms with Crippen LogP contribution in [-0.2, 0) is 15.9 Å². The van der Waals surface area contributed by atoms with Crippen molar-refractivity contribution in [1.29, 1.82) is 0 Å². The fourth-order valence-corrected chi connectivity index (χ4v) is 4.92. The predicted molar refractivity (Wildman–Crippen MR) is 154 cm³/mol. The molecule has 5 rings (SSSR count). The van der Waals surface area contributed by atoms with Crippen LogP contribution in [0.25, 0.3) is 17.2 Å². The zero-order valence-corrected chi connectivity index (χ0v) is 23.8. The van der Waals surface area contributed by atoms with Gasteiger partial charge >= 0.3 is 6.09 Å². The minimum Gasteiger partial charge on any atom is -0.444 e. The van der Waals surface area contributed by atoms with E-state index in [1.54, 1.807) is 23.1 Å². The van der Waals surface area contributed by atoms with Gasteiger partial charge in [-0.05, 0) is 69.9 Å². The standard InChI is InChI=1S/C31H34ClN5O3/c1-31(2,3)40-30(38)36-19-16-28(39-21-25(36)15-10-22-8-5-4-6-9-22)27-20-26(23-11-13-24(32)14-12-23)35-37(27)29-33-17-7-18-34-29/h4-9,11-14,17-18,20,25,28H,10,15-16,19,21H2,1-3H3. The van der Waals surface area contributed by atoms with Crippen molar-refractivity contribution in [2.45, 2.75) is 57.8 Å². The monoisotopic (exact) mass is 559 g/mol. The van der Waals surface area contributed by atoms with Crippen molar-refractivity contribution in [2.24, 2.45) is 0 Å². The number of hydrogen-bond acceptors (Lipinski definition) is 6. The lowest BCUT2D eigenvalue weighted by Crippen LogP contribution is -2.45. The summed E-state index contributed by atoms with van der Waals surface area (Å²) >= 11 is 6.12. The zero-order valence-electron chi connectivity index (χ0n) is 23.0. The van der Waals surface area contributed by atoms with Gasteiger partial charge in [-0.3, -0.25) is 0 Å². The average molecular weight is 560 g/mol. The van der Waals surface area contributed by atoms with E-state index in [-0.39, 0.29) is 18.2 Å². The Morgan fingerprint density at radius 3 is 2.48 bits per heavy atom. The van der Waals surface area contributed by atoms with E-state index in [2.05, 4.69) is 22.1 Å². The first-order valence-electron chi connectivity index (χ1n) is 13.6. The number of benzene rings is 2. The molecule has 1 aliphatic heterocycles. The number of aromatic nitrogens is 4. The molecule has 0 N–H and O–H groups in total. The maximum atomic E-state index is 13.3. The Bertz CT molecular complexity index is 1400. The number of halogens is 1. The molecule has 2 atom stereocenters. The quantitative estimate of drug-likeness (QED) is 0.262. The molecule has 1 aliphatic rings. The number of nitrogens with zero attached hydrogens (tertiary/aromatic N) is 5. The molecule has 1 saturated heterocycles. The maximum absolute atomic E-state index is 13.3. The van der Waals surface area contributed by atoms with Crippen molar-refractivity contribution in [2.75, 3.05) is 13.2 Å². The van der Waals surface area contributed by atoms with Gasteiger partial charge in [-0.25, -0.2) is 14.8 Å². The Hall–Kier alpha value is -3.75. The van der Waals surface area contributed by atoms with Gasteiger partial charge < -0.3 is 14.4 Å². The number of hydrogen-bond donors (Lipinski definition) is 0. The van der Waals surface area contributed by atoms with E-state index in [0.717, 1.165) is 29.8 Å². The molecule has 0 aliphatic carbocycles. The van der Waals surface area contributed by atoms with Gasteiger partial charge in [-0.1, -0.05) is 54.1 Å². The summed E-state index contributed by atoms with van der Waals surface area (Å²) in [6, 6.07) is 21.5. The first-order valence-corrected chi connectivity index (χ1v) is 13.9. The third kappa shape index (κ3) is 6.87. The predicted octanol–water partition coefficient (Wildman–Crippen LogP) is 6.68. The first-order chi connectivity index (χ1) is 19.3. The molecule has 2 aromatic carbocycles. The second-order valence-corrected chi connectivity index (χ2v) is 11.3. The summed E-state index contributed by atoms with van der Waals surface area (Å²) < 4.78 is 14.1. The largest absolute Gasteiger partial charge is 0.444 e. The summed E-state index contributed by atoms with van der Waals surface area (Å²) in [4.78, 5) is 24.0. The van der Waals surface area contributed by atoms with Crippen molar-refractivity contribution in [3.63, 3.8) is 0 Å². The number of rotatable bonds is 6. The number of carbonyl (C=O) groups excluding carboxylic acids is 1. The lowest BCUT2D eigenvalue weighted by molar-refractivity contribution is 0.00545. The van der Waals surface area contributed by atoms with Gasteiger partial charge in [0, 0.05) is 29.5 Å². The number of aryl methyl sites for hydroxylation is 1. The van der Waals surface area contributed by atoms with E-state index in [1.165, 1.54) is 5.56 Å². The Morgan fingerprint density at radius 2 is 1.77 bits per heavy atom. The number of amides is 1. The number of ether oxygens (including phenoxy) is 2. The number of carbonyl (C=O) groups is 1. The summed E-state index contributed by atoms with van der Waals surface area (Å²) in [5, 5.41) is 5.51. The van der Waals surface area contributed by atoms with E-state index < -0.39 is 5.60 Å². The van der Waals surface area contributed by atoms with Gasteiger partial charge in [-0.2, -0.15) is 9.78 Å². The molecular weight excluding hydrogens is 526 g/mol. The summed E-state index contributed by atoms with van der Waals surface area (Å²) in [6.45, 7) is 6.51. The molecule has 9 heteroatoms. The van der Waals surface area contributed by atoms with E-state index >= 15 is 0 Å². The molecule has 2 unspecified atom stereocenters. The van der Waals surface area contributed by atoms with E-state index in [1.807, 2.05) is 74.2 Å². The topological polar surface area (TPSA) is 82.4 Å². The Labute approximate surface area is 239 Å². The van der Waals surface area contributed by atoms with E-state index in [9.17, 15) is 4.79 Å². The van der Waals surface area contributed by atoms with Crippen LogP contribution < -0.4 is 0 Å². The van der Waals surface area contributed by atoms with Gasteiger partial charge in [-0.15, -0.1) is 0 Å². The van der Waals surface area contributed by atoms with Crippen molar-refractivity contribution < 1.29 is 14.3 Å². The Kier molecular flexibility index (Phi) is 8.47. The third-order valence-electron chi connectivity index (χ3n) is 6.75. The smallest absolute Gasteiger partial charge is 0.410 e. The molecule has 1 fully saturated rings. The van der Waals surface area contributed by atoms with Crippen molar-refractivity contribution in [1.82, 2.24) is 24.6 Å². The van der Waals surface area contributed by atoms with Crippen LogP contribution in [0.1, 0.15) is 51.0 Å². The van der Waals surface area contributed by atoms with Crippen molar-refractivity contribution >= 4 is 17.7 Å². The molecule has 208 valence electrons. The fraction of sp³-hybridized carbons (Fsp3) is 0.355. The van der Waals surface area contributed by atoms with Crippen LogP contribution in [0.4, 0.5) is 4.79 Å². The van der Waals surface area contributed by atoms with Crippen LogP contribution in [-0.4, -0.2) is 55.5 Å². The minimum atomic E-state index is -0.593. The van der Waals surface area contributed by atoms with Crippen LogP contribution in [0.3, 0.4) is 0 Å². The lowest BCUT2D eigenvalue weighted by Gasteiger charge is -2.31. The Balaban J connectivity index is 1.44. The molecule has 0 spiro atoms. The molecule has 0 bridgehead atoms. The summed E-state index contributed by atoms with van der Waals surface area (Å²) in [7, 11) is 0. The molecule has 3 heterocycles. The van der Waals surface area contributed by atoms with Gasteiger partial charge in [0.05, 0.1) is 24.0 Å². The highest BCUT2D eigenvalue weighted by atomic mass is 35.5. The fourth-order valence-electron chi connectivity index (χ4n) is 4.80. The molecule has 4 aromatic rings. The molecule has 0 radical (unpaired) electrons. The summed E-state index contributed by atoms with van der Waals surface area (Å²) in [5.74, 6) is 0.454. The minimum absolute atomic E-state index is 0.139. The highest BCUT2D eigenvalue weighted by Crippen LogP contribution is 2.32. The first kappa shape index (κ1) is 27.8. The second-order valence-electron chi connectivity index (χ2n) is 10.9. The van der Waals surface area contributed by atoms with Gasteiger partial charge in [0.15, 0.2) is 0 Å². The van der Waals surface area contributed by atoms with E-state index in [4.69, 9.17) is 26.2 Å². The van der Waals surface area contributed by atoms with Gasteiger partial charge in [0.25, 0.3) is 5.95 Å². The molecule has 40 heavy (non-hydrogen) atoms. The van der Waals surface area contributed by atoms with Crippen molar-refractivity contribution in [3.8, 4) is 17.2 Å². The van der Waals surface area contributed by atoms with Crippen LogP contribution in [0.5, 0.6) is 0 Å². The molecule has 2 aromatic heterocycles. The van der Waals surface area contributed by atoms with Gasteiger partial charge in [0.2, 0.25) is 0 Å². The van der Waals surface area contributed by atoms with Crippen LogP contribution in [0, 0.1) is 0 Å². The normalized spacial score (nSPS) is 17.9. The highest BCUT2D eigenvalue weighted by Gasteiger charge is 2.34. The zero-order chi connectivity index (χ0) is 28.1. The lowest BCUT2D eigenvalue weighted by atomic mass is 10.0. The van der Waals surface area contributed by atoms with Gasteiger partial charge in [0.1, 0.15) is 11.7 Å². The molecule has 0 saturated carbocycles. The third-order valence-corrected chi connectivity index (χ3v) is 7.00. The van der Waals surface area contributed by atoms with E-state index in [0.29, 0.717) is 30.5 Å². The van der Waals surface area contributed by atoms with Crippen LogP contribution in [0.2, 0.25) is 5.02 Å². The Morgan fingerprint density at radius 1 is 1.05 bits per heavy atom. The second kappa shape index (κ2) is 12.2. The highest BCUT2D eigenvalue weighted by molar-refractivity contribution is 6.30. The molecule has 1 amide bonds. The maximum Gasteiger partial charge on any atom is 0.410 e.